The summed E-state index contributed by atoms with van der Waals surface area (Å²) in [6.45, 7) is 10.0. The molecule has 3 rings (SSSR count). The van der Waals surface area contributed by atoms with E-state index in [9.17, 15) is 9.59 Å². The minimum absolute atomic E-state index is 0.00843. The second-order valence-electron chi connectivity index (χ2n) is 9.65. The standard InChI is InChI=1S/C26H31Cl2N5O2/c1-16(2)30-23(34)13-17-8-6-9-18(12-17)33-22(14-21(32-33)26(3,4)5)31-24(35)15-29-20-11-7-10-19(27)25(20)28/h6-12,14,16,29H,13,15H2,1-5H3,(H,30,34)(H,31,35). The Labute approximate surface area is 216 Å². The molecular weight excluding hydrogens is 485 g/mol. The molecule has 35 heavy (non-hydrogen) atoms. The lowest BCUT2D eigenvalue weighted by Gasteiger charge is -2.14. The summed E-state index contributed by atoms with van der Waals surface area (Å²) < 4.78 is 1.69. The van der Waals surface area contributed by atoms with Gasteiger partial charge in [0.15, 0.2) is 0 Å². The van der Waals surface area contributed by atoms with Crippen LogP contribution in [0.15, 0.2) is 48.5 Å². The largest absolute Gasteiger partial charge is 0.375 e. The van der Waals surface area contributed by atoms with Gasteiger partial charge in [0.05, 0.1) is 40.1 Å². The fraction of sp³-hybridized carbons (Fsp3) is 0.346. The van der Waals surface area contributed by atoms with Crippen LogP contribution < -0.4 is 16.0 Å². The molecule has 2 aromatic carbocycles. The Bertz CT molecular complexity index is 1210. The molecule has 0 aliphatic heterocycles. The van der Waals surface area contributed by atoms with Gasteiger partial charge in [-0.3, -0.25) is 9.59 Å². The van der Waals surface area contributed by atoms with Crippen molar-refractivity contribution in [1.82, 2.24) is 15.1 Å². The number of amides is 2. The minimum atomic E-state index is -0.268. The Kier molecular flexibility index (Phi) is 8.46. The summed E-state index contributed by atoms with van der Waals surface area (Å²) in [6, 6.07) is 14.7. The lowest BCUT2D eigenvalue weighted by molar-refractivity contribution is -0.121. The zero-order valence-electron chi connectivity index (χ0n) is 20.6. The highest BCUT2D eigenvalue weighted by Gasteiger charge is 2.22. The molecule has 0 fully saturated rings. The van der Waals surface area contributed by atoms with Gasteiger partial charge in [0.1, 0.15) is 5.82 Å². The Hall–Kier alpha value is -3.03. The van der Waals surface area contributed by atoms with Gasteiger partial charge < -0.3 is 16.0 Å². The van der Waals surface area contributed by atoms with E-state index in [-0.39, 0.29) is 36.2 Å². The fourth-order valence-corrected chi connectivity index (χ4v) is 3.76. The molecule has 0 atom stereocenters. The minimum Gasteiger partial charge on any atom is -0.375 e. The van der Waals surface area contributed by atoms with E-state index in [1.165, 1.54) is 0 Å². The molecule has 0 saturated carbocycles. The van der Waals surface area contributed by atoms with Gasteiger partial charge in [-0.1, -0.05) is 62.2 Å². The number of nitrogens with zero attached hydrogens (tertiary/aromatic N) is 2. The third-order valence-corrected chi connectivity index (χ3v) is 5.92. The first-order chi connectivity index (χ1) is 16.4. The van der Waals surface area contributed by atoms with E-state index >= 15 is 0 Å². The second kappa shape index (κ2) is 11.1. The summed E-state index contributed by atoms with van der Waals surface area (Å²) in [4.78, 5) is 25.0. The normalized spacial score (nSPS) is 11.4. The van der Waals surface area contributed by atoms with Crippen LogP contribution in [0.3, 0.4) is 0 Å². The number of aromatic nitrogens is 2. The van der Waals surface area contributed by atoms with Crippen LogP contribution in [-0.4, -0.2) is 34.2 Å². The third-order valence-electron chi connectivity index (χ3n) is 5.11. The number of hydrogen-bond donors (Lipinski definition) is 3. The summed E-state index contributed by atoms with van der Waals surface area (Å²) in [5.41, 5.74) is 2.76. The van der Waals surface area contributed by atoms with Gasteiger partial charge in [-0.2, -0.15) is 5.10 Å². The molecule has 0 saturated heterocycles. The Morgan fingerprint density at radius 1 is 1.03 bits per heavy atom. The van der Waals surface area contributed by atoms with Crippen LogP contribution in [0, 0.1) is 0 Å². The number of carbonyl (C=O) groups is 2. The fourth-order valence-electron chi connectivity index (χ4n) is 3.39. The first kappa shape index (κ1) is 26.6. The molecule has 3 N–H and O–H groups in total. The maximum Gasteiger partial charge on any atom is 0.244 e. The monoisotopic (exact) mass is 515 g/mol. The number of rotatable bonds is 8. The first-order valence-corrected chi connectivity index (χ1v) is 12.2. The van der Waals surface area contributed by atoms with E-state index < -0.39 is 0 Å². The van der Waals surface area contributed by atoms with Crippen molar-refractivity contribution in [3.8, 4) is 5.69 Å². The molecule has 0 bridgehead atoms. The smallest absolute Gasteiger partial charge is 0.244 e. The van der Waals surface area contributed by atoms with Gasteiger partial charge in [-0.25, -0.2) is 4.68 Å². The van der Waals surface area contributed by atoms with E-state index in [0.717, 1.165) is 16.9 Å². The van der Waals surface area contributed by atoms with Crippen molar-refractivity contribution in [1.29, 1.82) is 0 Å². The highest BCUT2D eigenvalue weighted by Crippen LogP contribution is 2.30. The maximum atomic E-state index is 12.8. The lowest BCUT2D eigenvalue weighted by atomic mass is 9.92. The Morgan fingerprint density at radius 3 is 2.43 bits per heavy atom. The number of benzene rings is 2. The highest BCUT2D eigenvalue weighted by atomic mass is 35.5. The van der Waals surface area contributed by atoms with Gasteiger partial charge in [-0.15, -0.1) is 0 Å². The average Bonchev–Trinajstić information content (AvgIpc) is 3.18. The van der Waals surface area contributed by atoms with Crippen molar-refractivity contribution in [3.05, 3.63) is 69.8 Å². The van der Waals surface area contributed by atoms with Crippen molar-refractivity contribution >= 4 is 46.5 Å². The average molecular weight is 516 g/mol. The lowest BCUT2D eigenvalue weighted by Crippen LogP contribution is -2.31. The summed E-state index contributed by atoms with van der Waals surface area (Å²) >= 11 is 12.3. The molecule has 0 aliphatic carbocycles. The SMILES string of the molecule is CC(C)NC(=O)Cc1cccc(-n2nc(C(C)(C)C)cc2NC(=O)CNc2cccc(Cl)c2Cl)c1. The molecule has 9 heteroatoms. The van der Waals surface area contributed by atoms with Crippen LogP contribution >= 0.6 is 23.2 Å². The predicted octanol–water partition coefficient (Wildman–Crippen LogP) is 5.59. The van der Waals surface area contributed by atoms with Crippen molar-refractivity contribution in [2.75, 3.05) is 17.2 Å². The number of halogens is 2. The quantitative estimate of drug-likeness (QED) is 0.364. The molecule has 186 valence electrons. The van der Waals surface area contributed by atoms with Crippen LogP contribution in [0.2, 0.25) is 10.0 Å². The zero-order chi connectivity index (χ0) is 25.8. The van der Waals surface area contributed by atoms with Crippen molar-refractivity contribution < 1.29 is 9.59 Å². The summed E-state index contributed by atoms with van der Waals surface area (Å²) in [6.07, 6.45) is 0.255. The molecule has 0 spiro atoms. The number of nitrogens with one attached hydrogen (secondary N) is 3. The van der Waals surface area contributed by atoms with Gasteiger partial charge in [0.25, 0.3) is 0 Å². The molecule has 0 unspecified atom stereocenters. The molecule has 7 nitrogen and oxygen atoms in total. The number of carbonyl (C=O) groups excluding carboxylic acids is 2. The zero-order valence-corrected chi connectivity index (χ0v) is 22.1. The molecule has 3 aromatic rings. The summed E-state index contributed by atoms with van der Waals surface area (Å²) in [5.74, 6) is 0.213. The topological polar surface area (TPSA) is 88.1 Å². The van der Waals surface area contributed by atoms with Crippen LogP contribution in [-0.2, 0) is 21.4 Å². The molecule has 1 heterocycles. The van der Waals surface area contributed by atoms with Crippen LogP contribution in [0.25, 0.3) is 5.69 Å². The van der Waals surface area contributed by atoms with Gasteiger partial charge in [0, 0.05) is 17.5 Å². The molecule has 1 aromatic heterocycles. The molecule has 0 aliphatic rings. The van der Waals surface area contributed by atoms with Crippen molar-refractivity contribution in [2.24, 2.45) is 0 Å². The van der Waals surface area contributed by atoms with Crippen LogP contribution in [0.4, 0.5) is 11.5 Å². The molecular formula is C26H31Cl2N5O2. The van der Waals surface area contributed by atoms with E-state index in [1.54, 1.807) is 22.9 Å². The summed E-state index contributed by atoms with van der Waals surface area (Å²) in [7, 11) is 0. The van der Waals surface area contributed by atoms with E-state index in [0.29, 0.717) is 21.6 Å². The van der Waals surface area contributed by atoms with Crippen LogP contribution in [0.1, 0.15) is 45.9 Å². The Morgan fingerprint density at radius 2 is 1.74 bits per heavy atom. The maximum absolute atomic E-state index is 12.8. The summed E-state index contributed by atoms with van der Waals surface area (Å²) in [5, 5.41) is 14.4. The van der Waals surface area contributed by atoms with Gasteiger partial charge in [0.2, 0.25) is 11.8 Å². The van der Waals surface area contributed by atoms with Crippen LogP contribution in [0.5, 0.6) is 0 Å². The Balaban J connectivity index is 1.83. The second-order valence-corrected chi connectivity index (χ2v) is 10.4. The van der Waals surface area contributed by atoms with E-state index in [2.05, 4.69) is 36.7 Å². The highest BCUT2D eigenvalue weighted by molar-refractivity contribution is 6.43. The van der Waals surface area contributed by atoms with E-state index in [1.807, 2.05) is 44.2 Å². The third kappa shape index (κ3) is 7.23. The van der Waals surface area contributed by atoms with Crippen molar-refractivity contribution in [3.63, 3.8) is 0 Å². The first-order valence-electron chi connectivity index (χ1n) is 11.4. The number of hydrogen-bond acceptors (Lipinski definition) is 4. The number of anilines is 2. The van der Waals surface area contributed by atoms with Gasteiger partial charge in [-0.05, 0) is 43.7 Å². The molecule has 2 amide bonds. The predicted molar refractivity (Wildman–Crippen MR) is 143 cm³/mol. The van der Waals surface area contributed by atoms with Gasteiger partial charge >= 0.3 is 0 Å². The van der Waals surface area contributed by atoms with E-state index in [4.69, 9.17) is 28.3 Å². The molecule has 0 radical (unpaired) electrons. The van der Waals surface area contributed by atoms with Crippen molar-refractivity contribution in [2.45, 2.75) is 52.5 Å².